The fraction of sp³-hybridized carbons (Fsp3) is 0.400. The summed E-state index contributed by atoms with van der Waals surface area (Å²) in [5, 5.41) is 9.47. The van der Waals surface area contributed by atoms with Gasteiger partial charge in [0.25, 0.3) is 0 Å². The van der Waals surface area contributed by atoms with Crippen molar-refractivity contribution in [3.05, 3.63) is 131 Å². The van der Waals surface area contributed by atoms with Gasteiger partial charge in [-0.25, -0.2) is 0 Å². The highest BCUT2D eigenvalue weighted by molar-refractivity contribution is 5.94. The van der Waals surface area contributed by atoms with Crippen LogP contribution >= 0.6 is 0 Å². The van der Waals surface area contributed by atoms with Gasteiger partial charge < -0.3 is 25.8 Å². The Kier molecular flexibility index (Phi) is 14.0. The first-order chi connectivity index (χ1) is 25.5. The summed E-state index contributed by atoms with van der Waals surface area (Å²) in [6, 6.07) is 36.1. The summed E-state index contributed by atoms with van der Waals surface area (Å²) < 4.78 is 0. The predicted molar refractivity (Wildman–Crippen MR) is 214 cm³/mol. The first-order valence-corrected chi connectivity index (χ1v) is 19.1. The molecule has 0 unspecified atom stereocenters. The lowest BCUT2D eigenvalue weighted by Gasteiger charge is -2.37. The summed E-state index contributed by atoms with van der Waals surface area (Å²) in [5.41, 5.74) is 6.50. The van der Waals surface area contributed by atoms with Gasteiger partial charge in [-0.3, -0.25) is 14.4 Å². The molecule has 5 rings (SSSR count). The number of nitrogens with zero attached hydrogens (tertiary/aromatic N) is 2. The Labute approximate surface area is 316 Å². The largest absolute Gasteiger partial charge is 0.342 e. The zero-order chi connectivity index (χ0) is 37.8. The van der Waals surface area contributed by atoms with E-state index in [1.165, 1.54) is 11.1 Å². The van der Waals surface area contributed by atoms with Gasteiger partial charge in [0.2, 0.25) is 17.7 Å². The monoisotopic (exact) mass is 715 g/mol. The van der Waals surface area contributed by atoms with Crippen molar-refractivity contribution in [1.29, 1.82) is 0 Å². The Hall–Kier alpha value is -4.79. The van der Waals surface area contributed by atoms with E-state index in [0.717, 1.165) is 48.2 Å². The average Bonchev–Trinajstić information content (AvgIpc) is 3.67. The molecule has 1 aliphatic heterocycles. The minimum Gasteiger partial charge on any atom is -0.342 e. The molecule has 1 heterocycles. The SMILES string of the molecule is CN[C@@H](C)C(=O)N[C@H](C(=O)N1CCC[C@H]1C(=O)N(CCc1ccccc1)Cc1ccc(-c2ccc(CNCCc3ccccc3)cc2)cc1)C(C)(C)C. The molecule has 0 aromatic heterocycles. The molecule has 4 aromatic rings. The number of likely N-dealkylation sites (tertiary alicyclic amines) is 1. The second-order valence-corrected chi connectivity index (χ2v) is 15.3. The smallest absolute Gasteiger partial charge is 0.246 e. The molecule has 0 radical (unpaired) electrons. The molecular formula is C45H57N5O3. The molecule has 4 aromatic carbocycles. The van der Waals surface area contributed by atoms with Crippen LogP contribution in [0.5, 0.6) is 0 Å². The molecular weight excluding hydrogens is 659 g/mol. The van der Waals surface area contributed by atoms with Crippen LogP contribution in [0.1, 0.15) is 62.8 Å². The highest BCUT2D eigenvalue weighted by Crippen LogP contribution is 2.28. The zero-order valence-corrected chi connectivity index (χ0v) is 32.1. The fourth-order valence-electron chi connectivity index (χ4n) is 6.83. The number of hydrogen-bond acceptors (Lipinski definition) is 5. The zero-order valence-electron chi connectivity index (χ0n) is 32.1. The topological polar surface area (TPSA) is 93.8 Å². The number of amides is 3. The van der Waals surface area contributed by atoms with Crippen LogP contribution in [0.25, 0.3) is 11.1 Å². The van der Waals surface area contributed by atoms with Gasteiger partial charge in [0.15, 0.2) is 0 Å². The number of rotatable bonds is 16. The summed E-state index contributed by atoms with van der Waals surface area (Å²) in [7, 11) is 1.72. The highest BCUT2D eigenvalue weighted by atomic mass is 16.2. The average molecular weight is 716 g/mol. The number of carbonyl (C=O) groups is 3. The van der Waals surface area contributed by atoms with Crippen molar-refractivity contribution in [2.24, 2.45) is 5.41 Å². The van der Waals surface area contributed by atoms with Gasteiger partial charge in [0, 0.05) is 26.2 Å². The second kappa shape index (κ2) is 18.8. The lowest BCUT2D eigenvalue weighted by atomic mass is 9.85. The van der Waals surface area contributed by atoms with E-state index in [2.05, 4.69) is 101 Å². The van der Waals surface area contributed by atoms with Crippen molar-refractivity contribution in [2.45, 2.75) is 84.6 Å². The summed E-state index contributed by atoms with van der Waals surface area (Å²) in [6.07, 6.45) is 3.05. The van der Waals surface area contributed by atoms with Crippen LogP contribution in [-0.2, 0) is 40.3 Å². The number of likely N-dealkylation sites (N-methyl/N-ethyl adjacent to an activating group) is 1. The van der Waals surface area contributed by atoms with Crippen LogP contribution in [0.4, 0.5) is 0 Å². The van der Waals surface area contributed by atoms with Crippen molar-refractivity contribution in [2.75, 3.05) is 26.7 Å². The van der Waals surface area contributed by atoms with Crippen LogP contribution in [0.15, 0.2) is 109 Å². The number of nitrogens with one attached hydrogen (secondary N) is 3. The molecule has 0 bridgehead atoms. The van der Waals surface area contributed by atoms with Gasteiger partial charge >= 0.3 is 0 Å². The number of benzene rings is 4. The first kappa shape index (κ1) is 39.4. The molecule has 1 saturated heterocycles. The maximum absolute atomic E-state index is 14.5. The van der Waals surface area contributed by atoms with Gasteiger partial charge in [0.1, 0.15) is 12.1 Å². The summed E-state index contributed by atoms with van der Waals surface area (Å²) in [5.74, 6) is -0.490. The Morgan fingerprint density at radius 3 is 1.91 bits per heavy atom. The van der Waals surface area contributed by atoms with E-state index in [1.807, 2.05) is 49.9 Å². The van der Waals surface area contributed by atoms with E-state index in [4.69, 9.17) is 0 Å². The Balaban J connectivity index is 1.26. The second-order valence-electron chi connectivity index (χ2n) is 15.3. The standard InChI is InChI=1S/C45H57N5O3/c1-33(46-5)42(51)48-41(45(2,3)4)44(53)50-29-12-17-40(50)43(52)49(30-27-35-15-10-7-11-16-35)32-37-20-24-39(25-21-37)38-22-18-36(19-23-38)31-47-28-26-34-13-8-6-9-14-34/h6-11,13-16,18-25,33,40-41,46-47H,12,17,26-32H2,1-5H3,(H,48,51)/t33-,40-,41+/m0/s1. The maximum Gasteiger partial charge on any atom is 0.246 e. The van der Waals surface area contributed by atoms with Gasteiger partial charge in [-0.05, 0) is 85.0 Å². The van der Waals surface area contributed by atoms with Crippen LogP contribution in [-0.4, -0.2) is 72.3 Å². The number of hydrogen-bond donors (Lipinski definition) is 3. The Morgan fingerprint density at radius 2 is 1.34 bits per heavy atom. The third kappa shape index (κ3) is 11.1. The van der Waals surface area contributed by atoms with E-state index in [-0.39, 0.29) is 17.7 Å². The number of carbonyl (C=O) groups excluding carboxylic acids is 3. The molecule has 3 N–H and O–H groups in total. The van der Waals surface area contributed by atoms with Crippen LogP contribution < -0.4 is 16.0 Å². The van der Waals surface area contributed by atoms with E-state index < -0.39 is 23.5 Å². The Morgan fingerprint density at radius 1 is 0.774 bits per heavy atom. The van der Waals surface area contributed by atoms with E-state index >= 15 is 0 Å². The molecule has 53 heavy (non-hydrogen) atoms. The molecule has 1 fully saturated rings. The van der Waals surface area contributed by atoms with Crippen molar-refractivity contribution in [3.8, 4) is 11.1 Å². The molecule has 8 heteroatoms. The lowest BCUT2D eigenvalue weighted by Crippen LogP contribution is -2.59. The Bertz CT molecular complexity index is 1750. The third-order valence-electron chi connectivity index (χ3n) is 10.2. The minimum atomic E-state index is -0.755. The van der Waals surface area contributed by atoms with Gasteiger partial charge in [0.05, 0.1) is 6.04 Å². The van der Waals surface area contributed by atoms with Crippen molar-refractivity contribution in [1.82, 2.24) is 25.8 Å². The molecule has 3 atom stereocenters. The van der Waals surface area contributed by atoms with Crippen LogP contribution in [0.3, 0.4) is 0 Å². The van der Waals surface area contributed by atoms with E-state index in [9.17, 15) is 14.4 Å². The van der Waals surface area contributed by atoms with Gasteiger partial charge in [-0.15, -0.1) is 0 Å². The normalized spacial score (nSPS) is 15.5. The van der Waals surface area contributed by atoms with Gasteiger partial charge in [-0.1, -0.05) is 130 Å². The van der Waals surface area contributed by atoms with Gasteiger partial charge in [-0.2, -0.15) is 0 Å². The third-order valence-corrected chi connectivity index (χ3v) is 10.2. The van der Waals surface area contributed by atoms with Crippen molar-refractivity contribution < 1.29 is 14.4 Å². The maximum atomic E-state index is 14.5. The first-order valence-electron chi connectivity index (χ1n) is 19.1. The summed E-state index contributed by atoms with van der Waals surface area (Å²) in [6.45, 7) is 10.8. The fourth-order valence-corrected chi connectivity index (χ4v) is 6.83. The molecule has 0 saturated carbocycles. The summed E-state index contributed by atoms with van der Waals surface area (Å²) in [4.78, 5) is 45.1. The summed E-state index contributed by atoms with van der Waals surface area (Å²) >= 11 is 0. The lowest BCUT2D eigenvalue weighted by molar-refractivity contribution is -0.147. The van der Waals surface area contributed by atoms with Crippen molar-refractivity contribution in [3.63, 3.8) is 0 Å². The molecule has 280 valence electrons. The molecule has 3 amide bonds. The van der Waals surface area contributed by atoms with Crippen LogP contribution in [0, 0.1) is 5.41 Å². The quantitative estimate of drug-likeness (QED) is 0.117. The van der Waals surface area contributed by atoms with E-state index in [0.29, 0.717) is 32.5 Å². The molecule has 8 nitrogen and oxygen atoms in total. The molecule has 0 spiro atoms. The van der Waals surface area contributed by atoms with Crippen LogP contribution in [0.2, 0.25) is 0 Å². The van der Waals surface area contributed by atoms with Crippen molar-refractivity contribution >= 4 is 17.7 Å². The molecule has 0 aliphatic carbocycles. The predicted octanol–water partition coefficient (Wildman–Crippen LogP) is 6.39. The minimum absolute atomic E-state index is 0.0496. The molecule has 1 aliphatic rings. The highest BCUT2D eigenvalue weighted by Gasteiger charge is 2.43. The van der Waals surface area contributed by atoms with E-state index in [1.54, 1.807) is 18.9 Å².